The predicted molar refractivity (Wildman–Crippen MR) is 113 cm³/mol. The first-order valence-corrected chi connectivity index (χ1v) is 11.2. The van der Waals surface area contributed by atoms with Crippen molar-refractivity contribution in [2.75, 3.05) is 5.32 Å². The molecule has 4 nitrogen and oxygen atoms in total. The zero-order valence-corrected chi connectivity index (χ0v) is 18.1. The zero-order chi connectivity index (χ0) is 20.0. The van der Waals surface area contributed by atoms with Gasteiger partial charge in [-0.05, 0) is 56.9 Å². The quantitative estimate of drug-likeness (QED) is 0.471. The Morgan fingerprint density at radius 3 is 1.67 bits per heavy atom. The Balaban J connectivity index is 2.47. The van der Waals surface area contributed by atoms with Gasteiger partial charge in [-0.25, -0.2) is 0 Å². The molecular formula is C22H32NO3P. The van der Waals surface area contributed by atoms with Gasteiger partial charge < -0.3 is 14.4 Å². The largest absolute Gasteiger partial charge is 0.368 e. The summed E-state index contributed by atoms with van der Waals surface area (Å²) in [5.41, 5.74) is 2.99. The third kappa shape index (κ3) is 6.21. The molecular weight excluding hydrogens is 357 g/mol. The molecule has 0 saturated carbocycles. The minimum absolute atomic E-state index is 0.218. The lowest BCUT2D eigenvalue weighted by Crippen LogP contribution is -2.19. The molecule has 0 saturated heterocycles. The second kappa shape index (κ2) is 9.54. The Labute approximate surface area is 163 Å². The van der Waals surface area contributed by atoms with Crippen molar-refractivity contribution in [3.8, 4) is 0 Å². The third-order valence-electron chi connectivity index (χ3n) is 4.03. The summed E-state index contributed by atoms with van der Waals surface area (Å²) in [6.07, 6.45) is -0.436. The highest BCUT2D eigenvalue weighted by molar-refractivity contribution is 7.54. The molecule has 1 unspecified atom stereocenters. The van der Waals surface area contributed by atoms with E-state index in [0.717, 1.165) is 11.3 Å². The van der Waals surface area contributed by atoms with Crippen LogP contribution in [0, 0.1) is 0 Å². The molecule has 0 fully saturated rings. The molecule has 5 heteroatoms. The van der Waals surface area contributed by atoms with Crippen LogP contribution in [0.15, 0.2) is 54.6 Å². The van der Waals surface area contributed by atoms with Gasteiger partial charge in [-0.2, -0.15) is 0 Å². The Hall–Kier alpha value is -1.61. The standard InChI is InChI=1S/C22H32NO3P/c1-16(2)19-12-14-20(15-13-19)22(23-21-10-8-7-9-11-21)27(24,25-17(3)4)26-18(5)6/h7-18,22-23H,1-6H3. The maximum Gasteiger partial charge on any atom is 0.357 e. The fraction of sp³-hybridized carbons (Fsp3) is 0.455. The summed E-state index contributed by atoms with van der Waals surface area (Å²) in [6.45, 7) is 11.8. The molecule has 0 aliphatic rings. The van der Waals surface area contributed by atoms with Crippen molar-refractivity contribution in [1.82, 2.24) is 0 Å². The molecule has 2 aromatic rings. The van der Waals surface area contributed by atoms with Gasteiger partial charge in [0.2, 0.25) is 0 Å². The van der Waals surface area contributed by atoms with Crippen molar-refractivity contribution in [3.05, 3.63) is 65.7 Å². The summed E-state index contributed by atoms with van der Waals surface area (Å²) in [4.78, 5) is 0. The molecule has 148 valence electrons. The second-order valence-corrected chi connectivity index (χ2v) is 9.60. The first kappa shape index (κ1) is 21.7. The van der Waals surface area contributed by atoms with Crippen molar-refractivity contribution < 1.29 is 13.6 Å². The van der Waals surface area contributed by atoms with E-state index in [1.54, 1.807) is 0 Å². The highest BCUT2D eigenvalue weighted by atomic mass is 31.2. The van der Waals surface area contributed by atoms with Gasteiger partial charge in [0.1, 0.15) is 0 Å². The summed E-state index contributed by atoms with van der Waals surface area (Å²) < 4.78 is 25.6. The first-order valence-electron chi connectivity index (χ1n) is 9.59. The van der Waals surface area contributed by atoms with Crippen molar-refractivity contribution in [1.29, 1.82) is 0 Å². The predicted octanol–water partition coefficient (Wildman–Crippen LogP) is 6.96. The van der Waals surface area contributed by atoms with Crippen LogP contribution in [-0.4, -0.2) is 12.2 Å². The van der Waals surface area contributed by atoms with Crippen LogP contribution in [0.4, 0.5) is 5.69 Å². The highest BCUT2D eigenvalue weighted by Gasteiger charge is 2.39. The molecule has 1 atom stereocenters. The minimum atomic E-state index is -3.48. The van der Waals surface area contributed by atoms with Gasteiger partial charge in [0.25, 0.3) is 0 Å². The molecule has 2 rings (SSSR count). The zero-order valence-electron chi connectivity index (χ0n) is 17.2. The minimum Gasteiger partial charge on any atom is -0.368 e. The summed E-state index contributed by atoms with van der Waals surface area (Å²) >= 11 is 0. The van der Waals surface area contributed by atoms with Crippen molar-refractivity contribution in [2.24, 2.45) is 0 Å². The van der Waals surface area contributed by atoms with Crippen LogP contribution in [0.2, 0.25) is 0 Å². The maximum absolute atomic E-state index is 13.9. The van der Waals surface area contributed by atoms with Crippen LogP contribution in [0.5, 0.6) is 0 Å². The maximum atomic E-state index is 13.9. The van der Waals surface area contributed by atoms with Crippen LogP contribution < -0.4 is 5.32 Å². The number of rotatable bonds is 9. The molecule has 0 amide bonds. The number of anilines is 1. The summed E-state index contributed by atoms with van der Waals surface area (Å²) in [5, 5.41) is 3.38. The van der Waals surface area contributed by atoms with Crippen LogP contribution >= 0.6 is 7.60 Å². The van der Waals surface area contributed by atoms with E-state index in [4.69, 9.17) is 9.05 Å². The molecule has 2 aromatic carbocycles. The number of hydrogen-bond acceptors (Lipinski definition) is 4. The fourth-order valence-corrected chi connectivity index (χ4v) is 5.15. The molecule has 1 N–H and O–H groups in total. The Morgan fingerprint density at radius 1 is 0.741 bits per heavy atom. The Kier molecular flexibility index (Phi) is 7.67. The van der Waals surface area contributed by atoms with E-state index >= 15 is 0 Å². The van der Waals surface area contributed by atoms with Gasteiger partial charge >= 0.3 is 7.60 Å². The molecule has 0 aromatic heterocycles. The lowest BCUT2D eigenvalue weighted by atomic mass is 10.0. The smallest absolute Gasteiger partial charge is 0.357 e. The Bertz CT molecular complexity index is 728. The van der Waals surface area contributed by atoms with E-state index in [2.05, 4.69) is 31.3 Å². The monoisotopic (exact) mass is 389 g/mol. The first-order chi connectivity index (χ1) is 12.7. The van der Waals surface area contributed by atoms with Crippen LogP contribution in [0.3, 0.4) is 0 Å². The molecule has 27 heavy (non-hydrogen) atoms. The van der Waals surface area contributed by atoms with Crippen molar-refractivity contribution in [2.45, 2.75) is 65.5 Å². The molecule has 0 heterocycles. The Morgan fingerprint density at radius 2 is 1.22 bits per heavy atom. The van der Waals surface area contributed by atoms with Crippen molar-refractivity contribution in [3.63, 3.8) is 0 Å². The molecule has 0 bridgehead atoms. The third-order valence-corrected chi connectivity index (χ3v) is 6.52. The summed E-state index contributed by atoms with van der Waals surface area (Å²) in [6, 6.07) is 17.9. The van der Waals surface area contributed by atoms with E-state index in [1.807, 2.05) is 70.2 Å². The molecule has 0 spiro atoms. The average Bonchev–Trinajstić information content (AvgIpc) is 2.59. The van der Waals surface area contributed by atoms with Gasteiger partial charge in [0.05, 0.1) is 12.2 Å². The van der Waals surface area contributed by atoms with E-state index in [0.29, 0.717) is 5.92 Å². The fourth-order valence-electron chi connectivity index (χ4n) is 2.83. The van der Waals surface area contributed by atoms with Crippen molar-refractivity contribution >= 4 is 13.3 Å². The summed E-state index contributed by atoms with van der Waals surface area (Å²) in [5.74, 6) is -0.156. The van der Waals surface area contributed by atoms with Gasteiger partial charge in [-0.1, -0.05) is 56.3 Å². The number of benzene rings is 2. The number of hydrogen-bond donors (Lipinski definition) is 1. The van der Waals surface area contributed by atoms with Crippen LogP contribution in [0.1, 0.15) is 64.4 Å². The number of nitrogens with one attached hydrogen (secondary N) is 1. The molecule has 0 radical (unpaired) electrons. The lowest BCUT2D eigenvalue weighted by molar-refractivity contribution is 0.138. The van der Waals surface area contributed by atoms with Gasteiger partial charge in [0.15, 0.2) is 5.78 Å². The van der Waals surface area contributed by atoms with E-state index < -0.39 is 13.4 Å². The number of para-hydroxylation sites is 1. The van der Waals surface area contributed by atoms with Gasteiger partial charge in [-0.15, -0.1) is 0 Å². The average molecular weight is 389 g/mol. The van der Waals surface area contributed by atoms with Crippen LogP contribution in [-0.2, 0) is 13.6 Å². The molecule has 0 aliphatic carbocycles. The van der Waals surface area contributed by atoms with E-state index in [9.17, 15) is 4.57 Å². The second-order valence-electron chi connectivity index (χ2n) is 7.58. The SMILES string of the molecule is CC(C)OP(=O)(OC(C)C)C(Nc1ccccc1)c1ccc(C(C)C)cc1. The normalized spacial score (nSPS) is 13.4. The van der Waals surface area contributed by atoms with Gasteiger partial charge in [-0.3, -0.25) is 4.57 Å². The lowest BCUT2D eigenvalue weighted by Gasteiger charge is -2.31. The highest BCUT2D eigenvalue weighted by Crippen LogP contribution is 2.62. The topological polar surface area (TPSA) is 47.6 Å². The van der Waals surface area contributed by atoms with Crippen LogP contribution in [0.25, 0.3) is 0 Å². The van der Waals surface area contributed by atoms with E-state index in [-0.39, 0.29) is 12.2 Å². The molecule has 0 aliphatic heterocycles. The summed E-state index contributed by atoms with van der Waals surface area (Å²) in [7, 11) is -3.48. The van der Waals surface area contributed by atoms with Gasteiger partial charge in [0, 0.05) is 5.69 Å². The van der Waals surface area contributed by atoms with E-state index in [1.165, 1.54) is 5.56 Å².